The summed E-state index contributed by atoms with van der Waals surface area (Å²) >= 11 is -0.826. The summed E-state index contributed by atoms with van der Waals surface area (Å²) in [4.78, 5) is 4.09. The number of benzene rings is 3. The fraction of sp³-hybridized carbons (Fsp3) is 0.174. The quantitative estimate of drug-likeness (QED) is 0.329. The van der Waals surface area contributed by atoms with Crippen LogP contribution in [0.1, 0.15) is 34.7 Å². The number of aromatic hydroxyl groups is 1. The number of hydrogen-bond donors (Lipinski definition) is 1. The number of aryl methyl sites for hydroxylation is 1. The molecule has 0 saturated carbocycles. The molecule has 0 unspecified atom stereocenters. The van der Waals surface area contributed by atoms with Gasteiger partial charge in [0.05, 0.1) is 0 Å². The Hall–Kier alpha value is -1.41. The van der Waals surface area contributed by atoms with Gasteiger partial charge in [0.2, 0.25) is 0 Å². The second kappa shape index (κ2) is 11.0. The molecular weight excluding hydrogens is 468 g/mol. The van der Waals surface area contributed by atoms with E-state index in [1.54, 1.807) is 13.3 Å². The third-order valence-corrected chi connectivity index (χ3v) is 4.79. The van der Waals surface area contributed by atoms with Gasteiger partial charge in [-0.2, -0.15) is 0 Å². The predicted octanol–water partition coefficient (Wildman–Crippen LogP) is 6.48. The van der Waals surface area contributed by atoms with E-state index in [4.69, 9.17) is 17.0 Å². The third-order valence-electron chi connectivity index (χ3n) is 4.79. The molecule has 0 amide bonds. The molecule has 0 radical (unpaired) electrons. The van der Waals surface area contributed by atoms with Gasteiger partial charge >= 0.3 is 37.9 Å². The number of halogens is 2. The van der Waals surface area contributed by atoms with E-state index in [-0.39, 0.29) is 5.75 Å². The van der Waals surface area contributed by atoms with Gasteiger partial charge < -0.3 is 5.11 Å². The van der Waals surface area contributed by atoms with E-state index >= 15 is 0 Å². The van der Waals surface area contributed by atoms with Crippen molar-refractivity contribution < 1.29 is 26.0 Å². The van der Waals surface area contributed by atoms with Crippen LogP contribution in [0.4, 0.5) is 0 Å². The fourth-order valence-corrected chi connectivity index (χ4v) is 3.45. The number of phenolic OH excluding ortho intramolecular Hbond substituents is 1. The SMILES string of the molecule is CN=Cc1cc(C)cc(C(C)(c2ccccc2)c2ccccc2)c1O.[Cl][Zr][Cl]. The number of rotatable bonds is 4. The van der Waals surface area contributed by atoms with Crippen molar-refractivity contribution in [1.29, 1.82) is 0 Å². The van der Waals surface area contributed by atoms with Crippen molar-refractivity contribution in [2.75, 3.05) is 7.05 Å². The van der Waals surface area contributed by atoms with E-state index in [1.165, 1.54) is 0 Å². The van der Waals surface area contributed by atoms with Crippen LogP contribution in [-0.4, -0.2) is 18.4 Å². The fourth-order valence-electron chi connectivity index (χ4n) is 3.45. The Balaban J connectivity index is 0.000000878. The number of aliphatic imine (C=N–C) groups is 1. The van der Waals surface area contributed by atoms with Crippen LogP contribution in [0.5, 0.6) is 5.75 Å². The summed E-state index contributed by atoms with van der Waals surface area (Å²) < 4.78 is 0. The van der Waals surface area contributed by atoms with Crippen molar-refractivity contribution in [3.8, 4) is 5.75 Å². The van der Waals surface area contributed by atoms with Gasteiger partial charge in [-0.15, -0.1) is 0 Å². The van der Waals surface area contributed by atoms with Crippen LogP contribution in [0, 0.1) is 6.92 Å². The zero-order chi connectivity index (χ0) is 20.6. The van der Waals surface area contributed by atoms with Gasteiger partial charge in [-0.1, -0.05) is 66.7 Å². The summed E-state index contributed by atoms with van der Waals surface area (Å²) in [5.41, 5.74) is 4.55. The van der Waals surface area contributed by atoms with Crippen LogP contribution in [0.25, 0.3) is 0 Å². The van der Waals surface area contributed by atoms with Crippen molar-refractivity contribution in [2.24, 2.45) is 4.99 Å². The van der Waals surface area contributed by atoms with E-state index in [0.717, 1.165) is 27.8 Å². The van der Waals surface area contributed by atoms with Gasteiger partial charge in [0, 0.05) is 29.8 Å². The van der Waals surface area contributed by atoms with Crippen LogP contribution in [-0.2, 0) is 26.3 Å². The molecule has 0 aromatic heterocycles. The monoisotopic (exact) mass is 489 g/mol. The summed E-state index contributed by atoms with van der Waals surface area (Å²) in [6, 6.07) is 24.7. The van der Waals surface area contributed by atoms with Crippen LogP contribution in [0.2, 0.25) is 0 Å². The van der Waals surface area contributed by atoms with Gasteiger partial charge in [0.1, 0.15) is 5.75 Å². The normalized spacial score (nSPS) is 11.0. The standard InChI is InChI=1S/C23H23NO.2ClH.Zr/c1-17-14-18(16-24-3)22(25)21(15-17)23(2,19-10-6-4-7-11-19)20-12-8-5-9-13-20;;;/h4-16,25H,1-3H3;2*1H;/q;;;+2/p-2. The summed E-state index contributed by atoms with van der Waals surface area (Å²) in [6.07, 6.45) is 1.71. The van der Waals surface area contributed by atoms with Gasteiger partial charge in [0.15, 0.2) is 0 Å². The molecule has 28 heavy (non-hydrogen) atoms. The zero-order valence-electron chi connectivity index (χ0n) is 16.2. The Morgan fingerprint density at radius 3 is 1.82 bits per heavy atom. The van der Waals surface area contributed by atoms with E-state index in [1.807, 2.05) is 49.4 Å². The van der Waals surface area contributed by atoms with E-state index in [0.29, 0.717) is 0 Å². The molecule has 1 N–H and O–H groups in total. The molecule has 0 aliphatic heterocycles. The maximum atomic E-state index is 11.0. The number of phenols is 1. The molecule has 0 fully saturated rings. The van der Waals surface area contributed by atoms with E-state index in [2.05, 4.69) is 42.2 Å². The first kappa shape index (κ1) is 22.9. The molecule has 0 bridgehead atoms. The average Bonchev–Trinajstić information content (AvgIpc) is 2.72. The Kier molecular flexibility index (Phi) is 8.95. The summed E-state index contributed by atoms with van der Waals surface area (Å²) in [6.45, 7) is 4.21. The topological polar surface area (TPSA) is 32.6 Å². The molecule has 3 rings (SSSR count). The first-order valence-corrected chi connectivity index (χ1v) is 15.2. The van der Waals surface area contributed by atoms with Gasteiger partial charge in [-0.3, -0.25) is 4.99 Å². The molecule has 3 aromatic carbocycles. The van der Waals surface area contributed by atoms with Crippen molar-refractivity contribution in [3.05, 3.63) is 101 Å². The third kappa shape index (κ3) is 5.14. The summed E-state index contributed by atoms with van der Waals surface area (Å²) in [5, 5.41) is 11.0. The first-order chi connectivity index (χ1) is 13.5. The Morgan fingerprint density at radius 1 is 0.929 bits per heavy atom. The molecular formula is C23H23Cl2NOZr. The van der Waals surface area contributed by atoms with Crippen molar-refractivity contribution >= 4 is 23.2 Å². The average molecular weight is 492 g/mol. The van der Waals surface area contributed by atoms with E-state index < -0.39 is 26.3 Å². The zero-order valence-corrected chi connectivity index (χ0v) is 20.1. The van der Waals surface area contributed by atoms with Crippen molar-refractivity contribution in [1.82, 2.24) is 0 Å². The van der Waals surface area contributed by atoms with Crippen LogP contribution < -0.4 is 0 Å². The van der Waals surface area contributed by atoms with Crippen LogP contribution in [0.15, 0.2) is 77.8 Å². The van der Waals surface area contributed by atoms with Crippen molar-refractivity contribution in [2.45, 2.75) is 19.3 Å². The minimum atomic E-state index is -0.826. The maximum absolute atomic E-state index is 11.0. The molecule has 0 atom stereocenters. The van der Waals surface area contributed by atoms with Crippen LogP contribution >= 0.6 is 17.0 Å². The molecule has 0 heterocycles. The summed E-state index contributed by atoms with van der Waals surface area (Å²) in [5.74, 6) is 0.284. The molecule has 0 spiro atoms. The first-order valence-electron chi connectivity index (χ1n) is 8.82. The second-order valence-corrected chi connectivity index (χ2v) is 10.3. The Bertz CT molecular complexity index is 875. The van der Waals surface area contributed by atoms with Gasteiger partial charge in [-0.25, -0.2) is 0 Å². The molecule has 0 saturated heterocycles. The van der Waals surface area contributed by atoms with Crippen molar-refractivity contribution in [3.63, 3.8) is 0 Å². The number of nitrogens with zero attached hydrogens (tertiary/aromatic N) is 1. The van der Waals surface area contributed by atoms with Crippen LogP contribution in [0.3, 0.4) is 0 Å². The molecule has 0 aliphatic carbocycles. The minimum absolute atomic E-state index is 0.284. The molecule has 144 valence electrons. The predicted molar refractivity (Wildman–Crippen MR) is 117 cm³/mol. The Labute approximate surface area is 185 Å². The van der Waals surface area contributed by atoms with Gasteiger partial charge in [0.25, 0.3) is 0 Å². The number of hydrogen-bond acceptors (Lipinski definition) is 2. The molecule has 0 aliphatic rings. The van der Waals surface area contributed by atoms with Gasteiger partial charge in [-0.05, 0) is 36.6 Å². The molecule has 2 nitrogen and oxygen atoms in total. The summed E-state index contributed by atoms with van der Waals surface area (Å²) in [7, 11) is 11.6. The molecule has 3 aromatic rings. The Morgan fingerprint density at radius 2 is 1.39 bits per heavy atom. The van der Waals surface area contributed by atoms with E-state index in [9.17, 15) is 5.11 Å². The second-order valence-electron chi connectivity index (χ2n) is 6.57. The molecule has 5 heteroatoms.